The van der Waals surface area contributed by atoms with E-state index in [2.05, 4.69) is 43.2 Å². The number of benzene rings is 1. The van der Waals surface area contributed by atoms with Crippen LogP contribution in [-0.2, 0) is 10.2 Å². The van der Waals surface area contributed by atoms with E-state index in [1.165, 1.54) is 16.7 Å². The molecule has 1 rings (SSSR count). The van der Waals surface area contributed by atoms with Crippen LogP contribution in [0.3, 0.4) is 0 Å². The fourth-order valence-electron chi connectivity index (χ4n) is 1.21. The van der Waals surface area contributed by atoms with E-state index in [4.69, 9.17) is 4.74 Å². The molecule has 0 atom stereocenters. The summed E-state index contributed by atoms with van der Waals surface area (Å²) >= 11 is 0. The fraction of sp³-hybridized carbons (Fsp3) is 0.400. The van der Waals surface area contributed by atoms with Crippen LogP contribution in [0, 0.1) is 20.8 Å². The molecule has 1 aromatic rings. The third-order valence-corrected chi connectivity index (χ3v) is 1.98. The molecule has 0 aromatic heterocycles. The maximum absolute atomic E-state index is 9.19. The molecule has 0 aliphatic heterocycles. The van der Waals surface area contributed by atoms with Crippen LogP contribution in [0.25, 0.3) is 0 Å². The van der Waals surface area contributed by atoms with Gasteiger partial charge in [0.1, 0.15) is 5.75 Å². The molecule has 92 valence electrons. The van der Waals surface area contributed by atoms with Crippen molar-refractivity contribution in [1.29, 1.82) is 0 Å². The predicted octanol–water partition coefficient (Wildman–Crippen LogP) is 0.769. The van der Waals surface area contributed by atoms with Crippen molar-refractivity contribution in [1.82, 2.24) is 0 Å². The van der Waals surface area contributed by atoms with Gasteiger partial charge in [0, 0.05) is 0 Å². The van der Waals surface area contributed by atoms with Crippen molar-refractivity contribution in [2.75, 3.05) is 7.11 Å². The quantitative estimate of drug-likeness (QED) is 0.766. The summed E-state index contributed by atoms with van der Waals surface area (Å²) in [5.41, 5.74) is 3.78. The summed E-state index contributed by atoms with van der Waals surface area (Å²) in [5, 5.41) is 8.21. The Morgan fingerprint density at radius 3 is 1.94 bits per heavy atom. The summed E-state index contributed by atoms with van der Waals surface area (Å²) in [6.07, 6.45) is 0. The van der Waals surface area contributed by atoms with E-state index in [1.807, 2.05) is 0 Å². The van der Waals surface area contributed by atoms with Gasteiger partial charge in [-0.15, -0.1) is 0 Å². The molecule has 0 aliphatic rings. The molecule has 4 N–H and O–H groups in total. The Morgan fingerprint density at radius 1 is 1.12 bits per heavy atom. The minimum atomic E-state index is -3.67. The van der Waals surface area contributed by atoms with Crippen LogP contribution < -0.4 is 15.0 Å². The third kappa shape index (κ3) is 6.39. The van der Waals surface area contributed by atoms with E-state index in [0.29, 0.717) is 0 Å². The molecule has 0 bridgehead atoms. The van der Waals surface area contributed by atoms with Crippen molar-refractivity contribution in [3.05, 3.63) is 28.8 Å². The summed E-state index contributed by atoms with van der Waals surface area (Å²) in [5.74, 6) is 0.988. The Labute approximate surface area is 96.6 Å². The second-order valence-electron chi connectivity index (χ2n) is 3.50. The van der Waals surface area contributed by atoms with Gasteiger partial charge in [-0.1, -0.05) is 6.07 Å². The Balaban J connectivity index is 0.000000385. The minimum Gasteiger partial charge on any atom is -0.496 e. The molecule has 0 unspecified atom stereocenters. The standard InChI is InChI=1S/C10H14O.H4N2O2S/c1-7-5-8(2)9(3)10(6-7)11-4;1-5(2,3)4/h5-6H,1-4H3;(H4,1,2,3,4). The Kier molecular flexibility index (Phi) is 5.43. The lowest BCUT2D eigenvalue weighted by atomic mass is 10.1. The highest BCUT2D eigenvalue weighted by atomic mass is 32.2. The topological polar surface area (TPSA) is 95.4 Å². The number of rotatable bonds is 1. The zero-order valence-corrected chi connectivity index (χ0v) is 10.8. The van der Waals surface area contributed by atoms with E-state index in [-0.39, 0.29) is 0 Å². The number of aryl methyl sites for hydroxylation is 2. The number of hydrogen-bond donors (Lipinski definition) is 2. The third-order valence-electron chi connectivity index (χ3n) is 1.98. The van der Waals surface area contributed by atoms with Gasteiger partial charge in [0.15, 0.2) is 0 Å². The molecular formula is C10H18N2O3S. The first-order valence-corrected chi connectivity index (χ1v) is 6.18. The first-order chi connectivity index (χ1) is 7.15. The second kappa shape index (κ2) is 5.83. The number of ether oxygens (including phenoxy) is 1. The molecule has 0 saturated carbocycles. The van der Waals surface area contributed by atoms with Gasteiger partial charge in [-0.2, -0.15) is 8.42 Å². The molecule has 0 spiro atoms. The van der Waals surface area contributed by atoms with Crippen LogP contribution in [-0.4, -0.2) is 15.5 Å². The lowest BCUT2D eigenvalue weighted by Gasteiger charge is -2.08. The van der Waals surface area contributed by atoms with E-state index in [9.17, 15) is 8.42 Å². The maximum Gasteiger partial charge on any atom is 0.271 e. The average molecular weight is 246 g/mol. The number of methoxy groups -OCH3 is 1. The molecule has 16 heavy (non-hydrogen) atoms. The van der Waals surface area contributed by atoms with E-state index in [1.54, 1.807) is 7.11 Å². The van der Waals surface area contributed by atoms with E-state index >= 15 is 0 Å². The zero-order valence-electron chi connectivity index (χ0n) is 9.94. The first-order valence-electron chi connectivity index (χ1n) is 4.57. The molecular weight excluding hydrogens is 228 g/mol. The van der Waals surface area contributed by atoms with E-state index in [0.717, 1.165) is 5.75 Å². The Hall–Kier alpha value is -1.11. The summed E-state index contributed by atoms with van der Waals surface area (Å²) in [6, 6.07) is 4.22. The largest absolute Gasteiger partial charge is 0.496 e. The molecule has 6 heteroatoms. The van der Waals surface area contributed by atoms with Crippen LogP contribution in [0.5, 0.6) is 5.75 Å². The van der Waals surface area contributed by atoms with Gasteiger partial charge in [0.05, 0.1) is 7.11 Å². The highest BCUT2D eigenvalue weighted by Crippen LogP contribution is 2.22. The van der Waals surface area contributed by atoms with Gasteiger partial charge in [0.25, 0.3) is 10.2 Å². The minimum absolute atomic E-state index is 0.988. The van der Waals surface area contributed by atoms with Crippen molar-refractivity contribution < 1.29 is 13.2 Å². The fourth-order valence-corrected chi connectivity index (χ4v) is 1.21. The molecule has 0 radical (unpaired) electrons. The first kappa shape index (κ1) is 14.9. The summed E-state index contributed by atoms with van der Waals surface area (Å²) in [7, 11) is -1.96. The van der Waals surface area contributed by atoms with Gasteiger partial charge in [-0.25, -0.2) is 10.3 Å². The number of hydrogen-bond acceptors (Lipinski definition) is 3. The maximum atomic E-state index is 9.19. The second-order valence-corrected chi connectivity index (χ2v) is 4.68. The average Bonchev–Trinajstić information content (AvgIpc) is 2.08. The Morgan fingerprint density at radius 2 is 1.56 bits per heavy atom. The van der Waals surface area contributed by atoms with Gasteiger partial charge in [-0.3, -0.25) is 0 Å². The predicted molar refractivity (Wildman–Crippen MR) is 64.5 cm³/mol. The molecule has 0 amide bonds. The van der Waals surface area contributed by atoms with Gasteiger partial charge in [-0.05, 0) is 43.5 Å². The van der Waals surface area contributed by atoms with Crippen molar-refractivity contribution in [2.24, 2.45) is 10.3 Å². The van der Waals surface area contributed by atoms with Gasteiger partial charge in [0.2, 0.25) is 0 Å². The van der Waals surface area contributed by atoms with Crippen LogP contribution in [0.1, 0.15) is 16.7 Å². The van der Waals surface area contributed by atoms with Crippen molar-refractivity contribution in [3.63, 3.8) is 0 Å². The smallest absolute Gasteiger partial charge is 0.271 e. The molecule has 0 aliphatic carbocycles. The van der Waals surface area contributed by atoms with Gasteiger partial charge < -0.3 is 4.74 Å². The molecule has 1 aromatic carbocycles. The monoisotopic (exact) mass is 246 g/mol. The highest BCUT2D eigenvalue weighted by Gasteiger charge is 2.00. The molecule has 0 saturated heterocycles. The normalized spacial score (nSPS) is 10.4. The van der Waals surface area contributed by atoms with Crippen LogP contribution >= 0.6 is 0 Å². The SMILES string of the molecule is COc1cc(C)cc(C)c1C.NS(N)(=O)=O. The van der Waals surface area contributed by atoms with Crippen molar-refractivity contribution in [2.45, 2.75) is 20.8 Å². The van der Waals surface area contributed by atoms with Crippen molar-refractivity contribution >= 4 is 10.2 Å². The molecule has 0 heterocycles. The summed E-state index contributed by atoms with van der Waals surface area (Å²) in [6.45, 7) is 6.26. The van der Waals surface area contributed by atoms with E-state index < -0.39 is 10.2 Å². The highest BCUT2D eigenvalue weighted by molar-refractivity contribution is 7.86. The lowest BCUT2D eigenvalue weighted by Crippen LogP contribution is -2.21. The van der Waals surface area contributed by atoms with Crippen molar-refractivity contribution in [3.8, 4) is 5.75 Å². The van der Waals surface area contributed by atoms with Gasteiger partial charge >= 0.3 is 0 Å². The zero-order chi connectivity index (χ0) is 12.9. The number of nitrogens with two attached hydrogens (primary N) is 2. The van der Waals surface area contributed by atoms with Crippen LogP contribution in [0.4, 0.5) is 0 Å². The molecule has 0 fully saturated rings. The lowest BCUT2D eigenvalue weighted by molar-refractivity contribution is 0.411. The van der Waals surface area contributed by atoms with Crippen LogP contribution in [0.15, 0.2) is 12.1 Å². The van der Waals surface area contributed by atoms with Crippen LogP contribution in [0.2, 0.25) is 0 Å². The summed E-state index contributed by atoms with van der Waals surface area (Å²) < 4.78 is 23.6. The molecule has 5 nitrogen and oxygen atoms in total. The summed E-state index contributed by atoms with van der Waals surface area (Å²) in [4.78, 5) is 0. The Bertz CT molecular complexity index is 447.